The van der Waals surface area contributed by atoms with Gasteiger partial charge < -0.3 is 16.0 Å². The number of carbonyl (C=O) groups excluding carboxylic acids is 2. The number of anilines is 3. The largest absolute Gasteiger partial charge is 0.354 e. The molecule has 7 heteroatoms. The summed E-state index contributed by atoms with van der Waals surface area (Å²) in [5, 5.41) is 8.55. The van der Waals surface area contributed by atoms with Gasteiger partial charge in [0.25, 0.3) is 5.91 Å². The van der Waals surface area contributed by atoms with Crippen molar-refractivity contribution in [1.29, 1.82) is 0 Å². The quantitative estimate of drug-likeness (QED) is 0.719. The van der Waals surface area contributed by atoms with E-state index in [1.54, 1.807) is 36.5 Å². The van der Waals surface area contributed by atoms with Crippen molar-refractivity contribution in [2.75, 3.05) is 22.5 Å². The molecule has 0 unspecified atom stereocenters. The molecule has 1 heterocycles. The monoisotopic (exact) mass is 341 g/mol. The molecule has 0 atom stereocenters. The first-order chi connectivity index (χ1) is 11.9. The molecule has 2 aromatic rings. The van der Waals surface area contributed by atoms with Crippen molar-refractivity contribution in [1.82, 2.24) is 9.97 Å². The average molecular weight is 341 g/mol. The van der Waals surface area contributed by atoms with Gasteiger partial charge in [-0.15, -0.1) is 0 Å². The van der Waals surface area contributed by atoms with Crippen LogP contribution in [-0.2, 0) is 4.79 Å². The van der Waals surface area contributed by atoms with Gasteiger partial charge in [-0.1, -0.05) is 19.9 Å². The van der Waals surface area contributed by atoms with Crippen molar-refractivity contribution in [3.63, 3.8) is 0 Å². The number of aromatic nitrogens is 2. The number of amides is 2. The van der Waals surface area contributed by atoms with Crippen LogP contribution in [0.1, 0.15) is 37.7 Å². The smallest absolute Gasteiger partial charge is 0.274 e. The fourth-order valence-corrected chi connectivity index (χ4v) is 2.12. The molecule has 1 aromatic heterocycles. The van der Waals surface area contributed by atoms with E-state index in [2.05, 4.69) is 39.8 Å². The first-order valence-corrected chi connectivity index (χ1v) is 8.20. The predicted octanol–water partition coefficient (Wildman–Crippen LogP) is 3.15. The Bertz CT molecular complexity index is 746. The van der Waals surface area contributed by atoms with Crippen LogP contribution < -0.4 is 16.0 Å². The number of rotatable bonds is 7. The van der Waals surface area contributed by atoms with Crippen LogP contribution >= 0.6 is 0 Å². The third-order valence-corrected chi connectivity index (χ3v) is 3.33. The highest BCUT2D eigenvalue weighted by Gasteiger charge is 2.10. The molecule has 0 bridgehead atoms. The number of hydrogen-bond acceptors (Lipinski definition) is 5. The first-order valence-electron chi connectivity index (χ1n) is 8.20. The van der Waals surface area contributed by atoms with E-state index in [9.17, 15) is 9.59 Å². The Labute approximate surface area is 147 Å². The van der Waals surface area contributed by atoms with Crippen molar-refractivity contribution in [3.8, 4) is 0 Å². The van der Waals surface area contributed by atoms with E-state index in [0.717, 1.165) is 13.0 Å². The molecule has 0 radical (unpaired) electrons. The summed E-state index contributed by atoms with van der Waals surface area (Å²) in [7, 11) is 0. The second-order valence-electron chi connectivity index (χ2n) is 6.09. The van der Waals surface area contributed by atoms with Crippen LogP contribution in [0, 0.1) is 5.92 Å². The zero-order chi connectivity index (χ0) is 18.2. The Balaban J connectivity index is 2.02. The first kappa shape index (κ1) is 18.4. The molecule has 3 N–H and O–H groups in total. The highest BCUT2D eigenvalue weighted by Crippen LogP contribution is 2.16. The molecule has 132 valence electrons. The predicted molar refractivity (Wildman–Crippen MR) is 98.7 cm³/mol. The summed E-state index contributed by atoms with van der Waals surface area (Å²) >= 11 is 0. The van der Waals surface area contributed by atoms with E-state index in [1.807, 2.05) is 0 Å². The maximum Gasteiger partial charge on any atom is 0.274 e. The SMILES string of the molecule is CC(=O)Nc1cccc(NC(=O)c2ccnc(NCCC(C)C)n2)c1. The Morgan fingerprint density at radius 2 is 1.84 bits per heavy atom. The van der Waals surface area contributed by atoms with Crippen molar-refractivity contribution < 1.29 is 9.59 Å². The van der Waals surface area contributed by atoms with E-state index in [0.29, 0.717) is 23.2 Å². The van der Waals surface area contributed by atoms with E-state index < -0.39 is 0 Å². The van der Waals surface area contributed by atoms with Crippen LogP contribution in [0.5, 0.6) is 0 Å². The van der Waals surface area contributed by atoms with Gasteiger partial charge in [0.1, 0.15) is 5.69 Å². The van der Waals surface area contributed by atoms with Crippen LogP contribution in [0.15, 0.2) is 36.5 Å². The van der Waals surface area contributed by atoms with Gasteiger partial charge in [-0.2, -0.15) is 0 Å². The van der Waals surface area contributed by atoms with Crippen LogP contribution in [0.4, 0.5) is 17.3 Å². The van der Waals surface area contributed by atoms with Gasteiger partial charge in [0.2, 0.25) is 11.9 Å². The third-order valence-electron chi connectivity index (χ3n) is 3.33. The second kappa shape index (κ2) is 8.77. The Morgan fingerprint density at radius 3 is 2.52 bits per heavy atom. The molecule has 2 rings (SSSR count). The van der Waals surface area contributed by atoms with E-state index in [4.69, 9.17) is 0 Å². The highest BCUT2D eigenvalue weighted by molar-refractivity contribution is 6.03. The fraction of sp³-hybridized carbons (Fsp3) is 0.333. The summed E-state index contributed by atoms with van der Waals surface area (Å²) in [4.78, 5) is 31.8. The molecule has 0 saturated heterocycles. The number of carbonyl (C=O) groups is 2. The van der Waals surface area contributed by atoms with Crippen molar-refractivity contribution in [2.24, 2.45) is 5.92 Å². The van der Waals surface area contributed by atoms with Crippen LogP contribution in [0.2, 0.25) is 0 Å². The van der Waals surface area contributed by atoms with Crippen molar-refractivity contribution >= 4 is 29.1 Å². The average Bonchev–Trinajstić information content (AvgIpc) is 2.54. The Kier molecular flexibility index (Phi) is 6.45. The molecular weight excluding hydrogens is 318 g/mol. The molecular formula is C18H23N5O2. The minimum atomic E-state index is -0.339. The zero-order valence-electron chi connectivity index (χ0n) is 14.7. The standard InChI is InChI=1S/C18H23N5O2/c1-12(2)7-9-19-18-20-10-8-16(23-18)17(25)22-15-6-4-5-14(11-15)21-13(3)24/h4-6,8,10-12H,7,9H2,1-3H3,(H,21,24)(H,22,25)(H,19,20,23). The summed E-state index contributed by atoms with van der Waals surface area (Å²) in [6.45, 7) is 6.46. The minimum Gasteiger partial charge on any atom is -0.354 e. The summed E-state index contributed by atoms with van der Waals surface area (Å²) in [6, 6.07) is 8.48. The summed E-state index contributed by atoms with van der Waals surface area (Å²) in [6.07, 6.45) is 2.54. The lowest BCUT2D eigenvalue weighted by Crippen LogP contribution is -2.16. The van der Waals surface area contributed by atoms with E-state index in [1.165, 1.54) is 6.92 Å². The number of hydrogen-bond donors (Lipinski definition) is 3. The van der Waals surface area contributed by atoms with Gasteiger partial charge in [0, 0.05) is 31.0 Å². The fourth-order valence-electron chi connectivity index (χ4n) is 2.12. The summed E-state index contributed by atoms with van der Waals surface area (Å²) in [5.74, 6) is 0.501. The summed E-state index contributed by atoms with van der Waals surface area (Å²) < 4.78 is 0. The molecule has 0 aliphatic carbocycles. The van der Waals surface area contributed by atoms with E-state index >= 15 is 0 Å². The van der Waals surface area contributed by atoms with Crippen LogP contribution in [-0.4, -0.2) is 28.3 Å². The van der Waals surface area contributed by atoms with E-state index in [-0.39, 0.29) is 17.5 Å². The van der Waals surface area contributed by atoms with Gasteiger partial charge in [-0.25, -0.2) is 9.97 Å². The van der Waals surface area contributed by atoms with Crippen LogP contribution in [0.3, 0.4) is 0 Å². The highest BCUT2D eigenvalue weighted by atomic mass is 16.2. The van der Waals surface area contributed by atoms with Gasteiger partial charge in [0.05, 0.1) is 0 Å². The Hall–Kier alpha value is -2.96. The normalized spacial score (nSPS) is 10.4. The molecule has 0 fully saturated rings. The van der Waals surface area contributed by atoms with Gasteiger partial charge >= 0.3 is 0 Å². The molecule has 0 spiro atoms. The lowest BCUT2D eigenvalue weighted by atomic mass is 10.1. The molecule has 1 aromatic carbocycles. The molecule has 2 amide bonds. The maximum atomic E-state index is 12.4. The van der Waals surface area contributed by atoms with Crippen LogP contribution in [0.25, 0.3) is 0 Å². The van der Waals surface area contributed by atoms with Crippen molar-refractivity contribution in [3.05, 3.63) is 42.2 Å². The van der Waals surface area contributed by atoms with Gasteiger partial charge in [-0.3, -0.25) is 9.59 Å². The summed E-state index contributed by atoms with van der Waals surface area (Å²) in [5.41, 5.74) is 1.46. The molecule has 0 saturated carbocycles. The molecule has 25 heavy (non-hydrogen) atoms. The number of nitrogens with zero attached hydrogens (tertiary/aromatic N) is 2. The maximum absolute atomic E-state index is 12.4. The number of nitrogens with one attached hydrogen (secondary N) is 3. The van der Waals surface area contributed by atoms with Crippen molar-refractivity contribution in [2.45, 2.75) is 27.2 Å². The second-order valence-corrected chi connectivity index (χ2v) is 6.09. The molecule has 0 aliphatic heterocycles. The lowest BCUT2D eigenvalue weighted by molar-refractivity contribution is -0.114. The molecule has 0 aliphatic rings. The third kappa shape index (κ3) is 6.21. The minimum absolute atomic E-state index is 0.170. The lowest BCUT2D eigenvalue weighted by Gasteiger charge is -2.09. The molecule has 7 nitrogen and oxygen atoms in total. The number of benzene rings is 1. The topological polar surface area (TPSA) is 96.0 Å². The Morgan fingerprint density at radius 1 is 1.12 bits per heavy atom. The zero-order valence-corrected chi connectivity index (χ0v) is 14.7. The van der Waals surface area contributed by atoms with Gasteiger partial charge in [-0.05, 0) is 36.6 Å². The van der Waals surface area contributed by atoms with Gasteiger partial charge in [0.15, 0.2) is 0 Å².